The summed E-state index contributed by atoms with van der Waals surface area (Å²) >= 11 is 5.92. The number of benzene rings is 1. The average molecular weight is 434 g/mol. The van der Waals surface area contributed by atoms with Crippen LogP contribution in [-0.2, 0) is 17.8 Å². The summed E-state index contributed by atoms with van der Waals surface area (Å²) in [6.07, 6.45) is 5.98. The first-order valence-electron chi connectivity index (χ1n) is 9.76. The van der Waals surface area contributed by atoms with Gasteiger partial charge in [0.05, 0.1) is 18.1 Å². The second kappa shape index (κ2) is 8.58. The van der Waals surface area contributed by atoms with Gasteiger partial charge in [0.2, 0.25) is 5.91 Å². The Labute approximate surface area is 184 Å². The van der Waals surface area contributed by atoms with Crippen LogP contribution in [0.25, 0.3) is 11.3 Å². The molecule has 1 N–H and O–H groups in total. The van der Waals surface area contributed by atoms with E-state index >= 15 is 0 Å². The van der Waals surface area contributed by atoms with E-state index in [1.165, 1.54) is 6.20 Å². The molecule has 0 aliphatic rings. The van der Waals surface area contributed by atoms with Crippen LogP contribution in [0.1, 0.15) is 34.5 Å². The molecule has 4 rings (SSSR count). The van der Waals surface area contributed by atoms with Crippen molar-refractivity contribution >= 4 is 23.2 Å². The fourth-order valence-electron chi connectivity index (χ4n) is 3.47. The predicted octanol–water partition coefficient (Wildman–Crippen LogP) is 3.31. The molecule has 0 spiro atoms. The van der Waals surface area contributed by atoms with Crippen molar-refractivity contribution in [3.63, 3.8) is 0 Å². The van der Waals surface area contributed by atoms with Crippen LogP contribution < -0.4 is 5.32 Å². The zero-order valence-corrected chi connectivity index (χ0v) is 17.9. The van der Waals surface area contributed by atoms with Crippen LogP contribution in [0.4, 0.5) is 0 Å². The molecular formula is C22H20ClN7O. The summed E-state index contributed by atoms with van der Waals surface area (Å²) in [5, 5.41) is 21.3. The van der Waals surface area contributed by atoms with E-state index in [0.29, 0.717) is 35.6 Å². The summed E-state index contributed by atoms with van der Waals surface area (Å²) in [6, 6.07) is 9.47. The van der Waals surface area contributed by atoms with Crippen molar-refractivity contribution < 1.29 is 4.79 Å². The number of rotatable bonds is 6. The number of fused-ring (bicyclic) bond motifs is 1. The van der Waals surface area contributed by atoms with Gasteiger partial charge in [0.15, 0.2) is 5.65 Å². The van der Waals surface area contributed by atoms with Gasteiger partial charge in [0, 0.05) is 41.1 Å². The van der Waals surface area contributed by atoms with E-state index in [1.54, 1.807) is 27.5 Å². The highest BCUT2D eigenvalue weighted by molar-refractivity contribution is 6.30. The minimum atomic E-state index is -0.0590. The number of nitrogens with zero attached hydrogens (tertiary/aromatic N) is 6. The number of carbonyl (C=O) groups is 1. The van der Waals surface area contributed by atoms with Crippen LogP contribution in [-0.4, -0.2) is 30.3 Å². The van der Waals surface area contributed by atoms with Gasteiger partial charge in [-0.3, -0.25) is 4.79 Å². The van der Waals surface area contributed by atoms with E-state index < -0.39 is 0 Å². The average Bonchev–Trinajstić information content (AvgIpc) is 3.39. The number of nitrogens with one attached hydrogen (secondary N) is 1. The topological polar surface area (TPSA) is 101 Å². The van der Waals surface area contributed by atoms with Gasteiger partial charge in [0.25, 0.3) is 0 Å². The molecule has 4 aromatic rings. The summed E-state index contributed by atoms with van der Waals surface area (Å²) in [6.45, 7) is 4.21. The largest absolute Gasteiger partial charge is 0.352 e. The first-order valence-corrected chi connectivity index (χ1v) is 10.1. The molecule has 3 aromatic heterocycles. The Morgan fingerprint density at radius 1 is 1.19 bits per heavy atom. The van der Waals surface area contributed by atoms with Crippen molar-refractivity contribution in [2.75, 3.05) is 0 Å². The van der Waals surface area contributed by atoms with Crippen molar-refractivity contribution in [1.82, 2.24) is 29.7 Å². The van der Waals surface area contributed by atoms with Crippen LogP contribution in [0.15, 0.2) is 42.9 Å². The molecule has 0 atom stereocenters. The predicted molar refractivity (Wildman–Crippen MR) is 116 cm³/mol. The minimum Gasteiger partial charge on any atom is -0.352 e. The molecule has 0 aliphatic heterocycles. The third-order valence-corrected chi connectivity index (χ3v) is 5.40. The molecule has 0 fully saturated rings. The van der Waals surface area contributed by atoms with Crippen molar-refractivity contribution in [1.29, 1.82) is 5.26 Å². The molecule has 3 heterocycles. The van der Waals surface area contributed by atoms with E-state index in [4.69, 9.17) is 11.6 Å². The lowest BCUT2D eigenvalue weighted by Crippen LogP contribution is -2.23. The highest BCUT2D eigenvalue weighted by Gasteiger charge is 2.15. The summed E-state index contributed by atoms with van der Waals surface area (Å²) in [7, 11) is 0. The smallest absolute Gasteiger partial charge is 0.220 e. The molecule has 9 heteroatoms. The molecule has 1 aromatic carbocycles. The van der Waals surface area contributed by atoms with Crippen molar-refractivity contribution in [3.8, 4) is 11.8 Å². The van der Waals surface area contributed by atoms with Crippen LogP contribution in [0.5, 0.6) is 0 Å². The summed E-state index contributed by atoms with van der Waals surface area (Å²) in [5.41, 5.74) is 5.44. The number of carbonyl (C=O) groups excluding carboxylic acids is 1. The maximum Gasteiger partial charge on any atom is 0.220 e. The van der Waals surface area contributed by atoms with Gasteiger partial charge in [0.1, 0.15) is 11.6 Å². The van der Waals surface area contributed by atoms with Crippen molar-refractivity contribution in [3.05, 3.63) is 76.0 Å². The fourth-order valence-corrected chi connectivity index (χ4v) is 3.59. The lowest BCUT2D eigenvalue weighted by molar-refractivity contribution is -0.121. The lowest BCUT2D eigenvalue weighted by Gasteiger charge is -2.11. The number of amides is 1. The molecule has 0 saturated heterocycles. The second-order valence-electron chi connectivity index (χ2n) is 7.21. The maximum absolute atomic E-state index is 12.4. The fraction of sp³-hybridized carbons (Fsp3) is 0.227. The van der Waals surface area contributed by atoms with Gasteiger partial charge in [-0.15, -0.1) is 0 Å². The van der Waals surface area contributed by atoms with E-state index in [2.05, 4.69) is 26.6 Å². The molecule has 0 unspecified atom stereocenters. The van der Waals surface area contributed by atoms with E-state index in [0.717, 1.165) is 28.2 Å². The minimum absolute atomic E-state index is 0.0590. The standard InChI is InChI=1S/C22H20ClN7O/c1-14-20(15(2)30-22(28-14)17(9-24)12-27-30)7-8-21(31)25-10-16-11-26-29(13-16)19-5-3-18(23)4-6-19/h3-6,11-13H,7-8,10H2,1-2H3,(H,25,31). The number of aryl methyl sites for hydroxylation is 2. The molecule has 0 radical (unpaired) electrons. The van der Waals surface area contributed by atoms with Crippen molar-refractivity contribution in [2.24, 2.45) is 0 Å². The van der Waals surface area contributed by atoms with Gasteiger partial charge in [-0.1, -0.05) is 11.6 Å². The Morgan fingerprint density at radius 3 is 2.71 bits per heavy atom. The van der Waals surface area contributed by atoms with Crippen LogP contribution >= 0.6 is 11.6 Å². The van der Waals surface area contributed by atoms with Crippen LogP contribution in [0.3, 0.4) is 0 Å². The monoisotopic (exact) mass is 433 g/mol. The van der Waals surface area contributed by atoms with Gasteiger partial charge < -0.3 is 5.32 Å². The number of nitriles is 1. The molecule has 31 heavy (non-hydrogen) atoms. The number of hydrogen-bond acceptors (Lipinski definition) is 5. The Kier molecular flexibility index (Phi) is 5.69. The molecule has 1 amide bonds. The Bertz CT molecular complexity index is 1300. The summed E-state index contributed by atoms with van der Waals surface area (Å²) in [5.74, 6) is -0.0590. The van der Waals surface area contributed by atoms with Crippen molar-refractivity contribution in [2.45, 2.75) is 33.2 Å². The second-order valence-corrected chi connectivity index (χ2v) is 7.65. The number of hydrogen-bond donors (Lipinski definition) is 1. The highest BCUT2D eigenvalue weighted by atomic mass is 35.5. The Morgan fingerprint density at radius 2 is 1.97 bits per heavy atom. The SMILES string of the molecule is Cc1nc2c(C#N)cnn2c(C)c1CCC(=O)NCc1cnn(-c2ccc(Cl)cc2)c1. The van der Waals surface area contributed by atoms with Gasteiger partial charge in [-0.05, 0) is 50.1 Å². The quantitative estimate of drug-likeness (QED) is 0.502. The zero-order chi connectivity index (χ0) is 22.0. The maximum atomic E-state index is 12.4. The number of halogens is 1. The van der Waals surface area contributed by atoms with E-state index in [1.807, 2.05) is 32.2 Å². The van der Waals surface area contributed by atoms with Crippen LogP contribution in [0, 0.1) is 25.2 Å². The van der Waals surface area contributed by atoms with Gasteiger partial charge in [-0.25, -0.2) is 14.2 Å². The van der Waals surface area contributed by atoms with E-state index in [9.17, 15) is 10.1 Å². The Hall–Kier alpha value is -3.70. The highest BCUT2D eigenvalue weighted by Crippen LogP contribution is 2.18. The molecule has 156 valence electrons. The van der Waals surface area contributed by atoms with Gasteiger partial charge in [-0.2, -0.15) is 15.5 Å². The first-order chi connectivity index (χ1) is 15.0. The first kappa shape index (κ1) is 20.6. The third-order valence-electron chi connectivity index (χ3n) is 5.15. The van der Waals surface area contributed by atoms with Gasteiger partial charge >= 0.3 is 0 Å². The summed E-state index contributed by atoms with van der Waals surface area (Å²) < 4.78 is 3.40. The lowest BCUT2D eigenvalue weighted by atomic mass is 10.1. The zero-order valence-electron chi connectivity index (χ0n) is 17.1. The molecule has 0 saturated carbocycles. The van der Waals surface area contributed by atoms with E-state index in [-0.39, 0.29) is 5.91 Å². The Balaban J connectivity index is 1.37. The number of aromatic nitrogens is 5. The summed E-state index contributed by atoms with van der Waals surface area (Å²) in [4.78, 5) is 16.9. The van der Waals surface area contributed by atoms with Crippen LogP contribution in [0.2, 0.25) is 5.02 Å². The molecular weight excluding hydrogens is 414 g/mol. The molecule has 8 nitrogen and oxygen atoms in total. The normalized spacial score (nSPS) is 10.9. The molecule has 0 bridgehead atoms. The third kappa shape index (κ3) is 4.27. The molecule has 0 aliphatic carbocycles.